The molecule has 0 aliphatic carbocycles. The van der Waals surface area contributed by atoms with E-state index in [4.69, 9.17) is 10.5 Å². The summed E-state index contributed by atoms with van der Waals surface area (Å²) in [7, 11) is 1.69. The average Bonchev–Trinajstić information content (AvgIpc) is 2.30. The number of benzene rings is 1. The summed E-state index contributed by atoms with van der Waals surface area (Å²) in [6.45, 7) is 2.65. The molecule has 0 amide bonds. The van der Waals surface area contributed by atoms with Gasteiger partial charge in [0.2, 0.25) is 0 Å². The van der Waals surface area contributed by atoms with Gasteiger partial charge in [-0.3, -0.25) is 0 Å². The molecule has 2 unspecified atom stereocenters. The van der Waals surface area contributed by atoms with Crippen molar-refractivity contribution in [3.05, 3.63) is 35.6 Å². The molecule has 0 saturated carbocycles. The number of hydrogen-bond acceptors (Lipinski definition) is 3. The molecule has 1 aromatic rings. The first-order valence-electron chi connectivity index (χ1n) is 5.77. The molecular formula is C13H20FNOS. The molecule has 0 heterocycles. The van der Waals surface area contributed by atoms with Crippen LogP contribution in [0.15, 0.2) is 24.3 Å². The molecule has 1 aromatic carbocycles. The van der Waals surface area contributed by atoms with E-state index in [9.17, 15) is 4.39 Å². The highest BCUT2D eigenvalue weighted by Gasteiger charge is 2.19. The molecule has 0 spiro atoms. The third kappa shape index (κ3) is 4.66. The zero-order valence-electron chi connectivity index (χ0n) is 10.4. The van der Waals surface area contributed by atoms with Gasteiger partial charge in [0.15, 0.2) is 0 Å². The monoisotopic (exact) mass is 257 g/mol. The minimum atomic E-state index is -0.172. The van der Waals surface area contributed by atoms with Crippen molar-refractivity contribution in [2.75, 3.05) is 19.5 Å². The highest BCUT2D eigenvalue weighted by molar-refractivity contribution is 7.99. The van der Waals surface area contributed by atoms with Gasteiger partial charge < -0.3 is 10.5 Å². The van der Waals surface area contributed by atoms with Crippen LogP contribution in [0.25, 0.3) is 0 Å². The highest BCUT2D eigenvalue weighted by atomic mass is 32.2. The van der Waals surface area contributed by atoms with Crippen molar-refractivity contribution in [2.24, 2.45) is 5.73 Å². The van der Waals surface area contributed by atoms with Gasteiger partial charge in [-0.25, -0.2) is 4.39 Å². The lowest BCUT2D eigenvalue weighted by Gasteiger charge is -2.21. The summed E-state index contributed by atoms with van der Waals surface area (Å²) in [4.78, 5) is 0. The number of methoxy groups -OCH3 is 1. The molecule has 0 bridgehead atoms. The van der Waals surface area contributed by atoms with Gasteiger partial charge in [-0.05, 0) is 25.2 Å². The molecule has 2 nitrogen and oxygen atoms in total. The Hall–Kier alpha value is -0.580. The topological polar surface area (TPSA) is 35.2 Å². The van der Waals surface area contributed by atoms with Gasteiger partial charge in [0.05, 0.1) is 0 Å². The Morgan fingerprint density at radius 2 is 2.12 bits per heavy atom. The van der Waals surface area contributed by atoms with Gasteiger partial charge in [-0.15, -0.1) is 0 Å². The number of rotatable bonds is 7. The molecule has 0 aromatic heterocycles. The van der Waals surface area contributed by atoms with E-state index in [2.05, 4.69) is 0 Å². The zero-order chi connectivity index (χ0) is 12.7. The van der Waals surface area contributed by atoms with Crippen LogP contribution in [0.1, 0.15) is 24.2 Å². The third-order valence-electron chi connectivity index (χ3n) is 2.48. The van der Waals surface area contributed by atoms with Crippen molar-refractivity contribution in [3.63, 3.8) is 0 Å². The van der Waals surface area contributed by atoms with Crippen LogP contribution >= 0.6 is 11.8 Å². The summed E-state index contributed by atoms with van der Waals surface area (Å²) >= 11 is 1.69. The number of hydrogen-bond donors (Lipinski definition) is 1. The molecule has 17 heavy (non-hydrogen) atoms. The van der Waals surface area contributed by atoms with Gasteiger partial charge in [-0.1, -0.05) is 18.2 Å². The first kappa shape index (κ1) is 14.5. The van der Waals surface area contributed by atoms with Crippen molar-refractivity contribution < 1.29 is 9.13 Å². The Balaban J connectivity index is 2.63. The van der Waals surface area contributed by atoms with Gasteiger partial charge in [-0.2, -0.15) is 11.8 Å². The summed E-state index contributed by atoms with van der Waals surface area (Å²) < 4.78 is 18.7. The first-order chi connectivity index (χ1) is 8.16. The number of thioether (sulfide) groups is 1. The Morgan fingerprint density at radius 3 is 2.71 bits per heavy atom. The van der Waals surface area contributed by atoms with Crippen molar-refractivity contribution >= 4 is 11.8 Å². The smallest absolute Gasteiger partial charge is 0.127 e. The van der Waals surface area contributed by atoms with Crippen molar-refractivity contribution in [1.82, 2.24) is 0 Å². The van der Waals surface area contributed by atoms with Crippen LogP contribution < -0.4 is 5.73 Å². The maximum atomic E-state index is 13.7. The number of nitrogens with two attached hydrogens (primary N) is 1. The minimum Gasteiger partial charge on any atom is -0.385 e. The van der Waals surface area contributed by atoms with Crippen LogP contribution in [0, 0.1) is 5.82 Å². The second-order valence-corrected chi connectivity index (χ2v) is 5.27. The van der Waals surface area contributed by atoms with Gasteiger partial charge in [0.1, 0.15) is 5.82 Å². The third-order valence-corrected chi connectivity index (χ3v) is 4.05. The van der Waals surface area contributed by atoms with E-state index in [1.54, 1.807) is 24.9 Å². The molecule has 0 fully saturated rings. The predicted molar refractivity (Wildman–Crippen MR) is 71.7 cm³/mol. The largest absolute Gasteiger partial charge is 0.385 e. The SMILES string of the molecule is COCCCSC(c1ccccc1F)C(C)N. The van der Waals surface area contributed by atoms with E-state index in [0.29, 0.717) is 5.56 Å². The quantitative estimate of drug-likeness (QED) is 0.763. The summed E-state index contributed by atoms with van der Waals surface area (Å²) in [5.74, 6) is 0.753. The molecule has 2 atom stereocenters. The Labute approximate surface area is 107 Å². The summed E-state index contributed by atoms with van der Waals surface area (Å²) in [5.41, 5.74) is 6.63. The van der Waals surface area contributed by atoms with Gasteiger partial charge >= 0.3 is 0 Å². The van der Waals surface area contributed by atoms with Crippen LogP contribution in [0.3, 0.4) is 0 Å². The second-order valence-electron chi connectivity index (χ2n) is 4.02. The fourth-order valence-electron chi connectivity index (χ4n) is 1.64. The molecule has 0 aliphatic rings. The number of ether oxygens (including phenoxy) is 1. The van der Waals surface area contributed by atoms with Crippen molar-refractivity contribution in [2.45, 2.75) is 24.6 Å². The summed E-state index contributed by atoms with van der Waals surface area (Å²) in [5, 5.41) is 0.00746. The fraction of sp³-hybridized carbons (Fsp3) is 0.538. The first-order valence-corrected chi connectivity index (χ1v) is 6.82. The fourth-order valence-corrected chi connectivity index (χ4v) is 2.86. The molecule has 4 heteroatoms. The van der Waals surface area contributed by atoms with E-state index in [0.717, 1.165) is 18.8 Å². The van der Waals surface area contributed by atoms with E-state index in [1.807, 2.05) is 19.1 Å². The van der Waals surface area contributed by atoms with E-state index in [-0.39, 0.29) is 17.1 Å². The van der Waals surface area contributed by atoms with Crippen molar-refractivity contribution in [3.8, 4) is 0 Å². The molecule has 1 rings (SSSR count). The summed E-state index contributed by atoms with van der Waals surface area (Å²) in [6.07, 6.45) is 0.957. The zero-order valence-corrected chi connectivity index (χ0v) is 11.2. The average molecular weight is 257 g/mol. The van der Waals surface area contributed by atoms with Crippen LogP contribution in [0.5, 0.6) is 0 Å². The molecule has 0 aliphatic heterocycles. The Morgan fingerprint density at radius 1 is 1.41 bits per heavy atom. The predicted octanol–water partition coefficient (Wildman–Crippen LogP) is 2.98. The van der Waals surface area contributed by atoms with Crippen LogP contribution in [0.4, 0.5) is 4.39 Å². The van der Waals surface area contributed by atoms with Crippen molar-refractivity contribution in [1.29, 1.82) is 0 Å². The highest BCUT2D eigenvalue weighted by Crippen LogP contribution is 2.33. The van der Waals surface area contributed by atoms with E-state index < -0.39 is 0 Å². The Bertz CT molecular complexity index is 333. The maximum Gasteiger partial charge on any atom is 0.127 e. The molecule has 96 valence electrons. The Kier molecular flexibility index (Phi) is 6.55. The molecular weight excluding hydrogens is 237 g/mol. The second kappa shape index (κ2) is 7.69. The normalized spacial score (nSPS) is 14.6. The summed E-state index contributed by atoms with van der Waals surface area (Å²) in [6, 6.07) is 6.78. The maximum absolute atomic E-state index is 13.7. The number of halogens is 1. The van der Waals surface area contributed by atoms with Crippen LogP contribution in [-0.4, -0.2) is 25.5 Å². The standard InChI is InChI=1S/C13H20FNOS/c1-10(15)13(17-9-5-8-16-2)11-6-3-4-7-12(11)14/h3-4,6-7,10,13H,5,8-9,15H2,1-2H3. The van der Waals surface area contributed by atoms with Gasteiger partial charge in [0.25, 0.3) is 0 Å². The lowest BCUT2D eigenvalue weighted by Crippen LogP contribution is -2.23. The van der Waals surface area contributed by atoms with E-state index >= 15 is 0 Å². The molecule has 0 radical (unpaired) electrons. The van der Waals surface area contributed by atoms with E-state index in [1.165, 1.54) is 6.07 Å². The molecule has 2 N–H and O–H groups in total. The van der Waals surface area contributed by atoms with Crippen LogP contribution in [-0.2, 0) is 4.74 Å². The lowest BCUT2D eigenvalue weighted by atomic mass is 10.1. The lowest BCUT2D eigenvalue weighted by molar-refractivity contribution is 0.200. The minimum absolute atomic E-state index is 0.00746. The van der Waals surface area contributed by atoms with Crippen LogP contribution in [0.2, 0.25) is 0 Å². The molecule has 0 saturated heterocycles. The van der Waals surface area contributed by atoms with Gasteiger partial charge in [0, 0.05) is 30.6 Å².